The highest BCUT2D eigenvalue weighted by Gasteiger charge is 2.25. The lowest BCUT2D eigenvalue weighted by molar-refractivity contribution is -0.120. The SMILES string of the molecule is COc1cc(NC(=O)C2CCC(N)CC2)cc(-c2cccc3c2OCCO3)n1. The van der Waals surface area contributed by atoms with Crippen molar-refractivity contribution < 1.29 is 19.0 Å². The quantitative estimate of drug-likeness (QED) is 0.843. The van der Waals surface area contributed by atoms with Crippen molar-refractivity contribution >= 4 is 11.6 Å². The van der Waals surface area contributed by atoms with E-state index in [0.717, 1.165) is 31.2 Å². The van der Waals surface area contributed by atoms with Crippen LogP contribution in [0.3, 0.4) is 0 Å². The van der Waals surface area contributed by atoms with E-state index in [1.807, 2.05) is 24.3 Å². The summed E-state index contributed by atoms with van der Waals surface area (Å²) >= 11 is 0. The Labute approximate surface area is 164 Å². The minimum absolute atomic E-state index is 0.0105. The minimum Gasteiger partial charge on any atom is -0.486 e. The Morgan fingerprint density at radius 1 is 1.18 bits per heavy atom. The van der Waals surface area contributed by atoms with Crippen LogP contribution < -0.4 is 25.3 Å². The molecular weight excluding hydrogens is 358 g/mol. The van der Waals surface area contributed by atoms with Gasteiger partial charge in [0.1, 0.15) is 13.2 Å². The molecule has 2 aromatic rings. The number of aromatic nitrogens is 1. The van der Waals surface area contributed by atoms with E-state index < -0.39 is 0 Å². The third-order valence-electron chi connectivity index (χ3n) is 5.26. The number of ether oxygens (including phenoxy) is 3. The molecule has 1 aromatic heterocycles. The molecule has 28 heavy (non-hydrogen) atoms. The van der Waals surface area contributed by atoms with Gasteiger partial charge in [0, 0.05) is 29.3 Å². The molecule has 2 heterocycles. The predicted octanol–water partition coefficient (Wildman–Crippen LogP) is 2.98. The summed E-state index contributed by atoms with van der Waals surface area (Å²) in [6.07, 6.45) is 3.41. The first-order chi connectivity index (χ1) is 13.6. The molecule has 0 atom stereocenters. The molecule has 0 radical (unpaired) electrons. The fraction of sp³-hybridized carbons (Fsp3) is 0.429. The Bertz CT molecular complexity index is 863. The highest BCUT2D eigenvalue weighted by Crippen LogP contribution is 2.40. The molecule has 7 nitrogen and oxygen atoms in total. The first-order valence-electron chi connectivity index (χ1n) is 9.65. The van der Waals surface area contributed by atoms with Crippen LogP contribution in [-0.4, -0.2) is 37.3 Å². The molecular formula is C21H25N3O4. The average molecular weight is 383 g/mol. The van der Waals surface area contributed by atoms with Crippen LogP contribution in [0.4, 0.5) is 5.69 Å². The van der Waals surface area contributed by atoms with Gasteiger partial charge in [-0.1, -0.05) is 6.07 Å². The molecule has 3 N–H and O–H groups in total. The largest absolute Gasteiger partial charge is 0.486 e. The van der Waals surface area contributed by atoms with E-state index in [4.69, 9.17) is 19.9 Å². The lowest BCUT2D eigenvalue weighted by Gasteiger charge is -2.25. The Balaban J connectivity index is 1.61. The minimum atomic E-state index is -0.0105. The number of hydrogen-bond donors (Lipinski definition) is 2. The van der Waals surface area contributed by atoms with Crippen molar-refractivity contribution in [3.8, 4) is 28.6 Å². The van der Waals surface area contributed by atoms with E-state index in [0.29, 0.717) is 42.0 Å². The van der Waals surface area contributed by atoms with Gasteiger partial charge in [-0.3, -0.25) is 4.79 Å². The van der Waals surface area contributed by atoms with Crippen LogP contribution in [0.5, 0.6) is 17.4 Å². The topological polar surface area (TPSA) is 95.7 Å². The molecule has 0 unspecified atom stereocenters. The Morgan fingerprint density at radius 2 is 1.96 bits per heavy atom. The number of nitrogens with two attached hydrogens (primary N) is 1. The van der Waals surface area contributed by atoms with Crippen molar-refractivity contribution in [2.75, 3.05) is 25.6 Å². The van der Waals surface area contributed by atoms with Crippen LogP contribution in [0.1, 0.15) is 25.7 Å². The van der Waals surface area contributed by atoms with E-state index >= 15 is 0 Å². The number of anilines is 1. The third kappa shape index (κ3) is 3.89. The summed E-state index contributed by atoms with van der Waals surface area (Å²) in [4.78, 5) is 17.2. The standard InChI is InChI=1S/C21H25N3O4/c1-26-19-12-15(23-21(25)13-5-7-14(22)8-6-13)11-17(24-19)16-3-2-4-18-20(16)28-10-9-27-18/h2-4,11-14H,5-10,22H2,1H3,(H,23,24,25). The van der Waals surface area contributed by atoms with Gasteiger partial charge in [0.25, 0.3) is 0 Å². The molecule has 1 saturated carbocycles. The highest BCUT2D eigenvalue weighted by atomic mass is 16.6. The second kappa shape index (κ2) is 8.06. The van der Waals surface area contributed by atoms with Gasteiger partial charge in [0.15, 0.2) is 11.5 Å². The van der Waals surface area contributed by atoms with E-state index in [2.05, 4.69) is 10.3 Å². The number of benzene rings is 1. The van der Waals surface area contributed by atoms with Gasteiger partial charge in [0.2, 0.25) is 11.8 Å². The Morgan fingerprint density at radius 3 is 2.75 bits per heavy atom. The lowest BCUT2D eigenvalue weighted by Crippen LogP contribution is -2.32. The summed E-state index contributed by atoms with van der Waals surface area (Å²) in [6.45, 7) is 1.01. The molecule has 0 bridgehead atoms. The molecule has 1 aliphatic heterocycles. The fourth-order valence-electron chi connectivity index (χ4n) is 3.72. The molecule has 1 fully saturated rings. The molecule has 1 aliphatic carbocycles. The van der Waals surface area contributed by atoms with Crippen LogP contribution in [0, 0.1) is 5.92 Å². The van der Waals surface area contributed by atoms with Gasteiger partial charge < -0.3 is 25.3 Å². The zero-order valence-corrected chi connectivity index (χ0v) is 15.9. The van der Waals surface area contributed by atoms with Crippen LogP contribution in [-0.2, 0) is 4.79 Å². The second-order valence-corrected chi connectivity index (χ2v) is 7.21. The average Bonchev–Trinajstić information content (AvgIpc) is 2.73. The van der Waals surface area contributed by atoms with Gasteiger partial charge in [-0.2, -0.15) is 0 Å². The molecule has 1 amide bonds. The Hall–Kier alpha value is -2.80. The van der Waals surface area contributed by atoms with Crippen molar-refractivity contribution in [2.24, 2.45) is 11.7 Å². The number of fused-ring (bicyclic) bond motifs is 1. The number of para-hydroxylation sites is 1. The maximum absolute atomic E-state index is 12.7. The van der Waals surface area contributed by atoms with Gasteiger partial charge in [0.05, 0.1) is 12.8 Å². The maximum Gasteiger partial charge on any atom is 0.227 e. The number of carbonyl (C=O) groups excluding carboxylic acids is 1. The highest BCUT2D eigenvalue weighted by molar-refractivity contribution is 5.93. The summed E-state index contributed by atoms with van der Waals surface area (Å²) in [6, 6.07) is 9.46. The van der Waals surface area contributed by atoms with Crippen molar-refractivity contribution in [3.63, 3.8) is 0 Å². The summed E-state index contributed by atoms with van der Waals surface area (Å²) in [5, 5.41) is 3.02. The first kappa shape index (κ1) is 18.6. The number of nitrogens with one attached hydrogen (secondary N) is 1. The molecule has 1 aromatic carbocycles. The monoisotopic (exact) mass is 383 g/mol. The van der Waals surface area contributed by atoms with Gasteiger partial charge in [-0.05, 0) is 43.9 Å². The number of rotatable bonds is 4. The van der Waals surface area contributed by atoms with Gasteiger partial charge in [-0.15, -0.1) is 0 Å². The molecule has 7 heteroatoms. The zero-order valence-electron chi connectivity index (χ0n) is 15.9. The molecule has 4 rings (SSSR count). The van der Waals surface area contributed by atoms with Crippen LogP contribution in [0.15, 0.2) is 30.3 Å². The maximum atomic E-state index is 12.7. The predicted molar refractivity (Wildman–Crippen MR) is 106 cm³/mol. The van der Waals surface area contributed by atoms with Crippen molar-refractivity contribution in [2.45, 2.75) is 31.7 Å². The smallest absolute Gasteiger partial charge is 0.227 e. The number of methoxy groups -OCH3 is 1. The molecule has 148 valence electrons. The lowest BCUT2D eigenvalue weighted by atomic mass is 9.86. The van der Waals surface area contributed by atoms with Crippen molar-refractivity contribution in [1.29, 1.82) is 0 Å². The van der Waals surface area contributed by atoms with Crippen molar-refractivity contribution in [1.82, 2.24) is 4.98 Å². The van der Waals surface area contributed by atoms with Crippen molar-refractivity contribution in [3.05, 3.63) is 30.3 Å². The van der Waals surface area contributed by atoms with E-state index in [9.17, 15) is 4.79 Å². The van der Waals surface area contributed by atoms with E-state index in [1.165, 1.54) is 0 Å². The number of nitrogens with zero attached hydrogens (tertiary/aromatic N) is 1. The van der Waals surface area contributed by atoms with Crippen LogP contribution in [0.2, 0.25) is 0 Å². The zero-order chi connectivity index (χ0) is 19.5. The molecule has 2 aliphatic rings. The van der Waals surface area contributed by atoms with Crippen LogP contribution >= 0.6 is 0 Å². The summed E-state index contributed by atoms with van der Waals surface area (Å²) < 4.78 is 16.8. The first-order valence-corrected chi connectivity index (χ1v) is 9.65. The third-order valence-corrected chi connectivity index (χ3v) is 5.26. The second-order valence-electron chi connectivity index (χ2n) is 7.21. The number of hydrogen-bond acceptors (Lipinski definition) is 6. The number of pyridine rings is 1. The van der Waals surface area contributed by atoms with E-state index in [1.54, 1.807) is 13.2 Å². The summed E-state index contributed by atoms with van der Waals surface area (Å²) in [5.41, 5.74) is 8.05. The molecule has 0 spiro atoms. The van der Waals surface area contributed by atoms with Gasteiger partial charge in [-0.25, -0.2) is 4.98 Å². The normalized spacial score (nSPS) is 21.1. The number of carbonyl (C=O) groups is 1. The van der Waals surface area contributed by atoms with Gasteiger partial charge >= 0.3 is 0 Å². The summed E-state index contributed by atoms with van der Waals surface area (Å²) in [5.74, 6) is 1.78. The molecule has 0 saturated heterocycles. The van der Waals surface area contributed by atoms with E-state index in [-0.39, 0.29) is 17.9 Å². The summed E-state index contributed by atoms with van der Waals surface area (Å²) in [7, 11) is 1.56. The fourth-order valence-corrected chi connectivity index (χ4v) is 3.72. The van der Waals surface area contributed by atoms with Crippen LogP contribution in [0.25, 0.3) is 11.3 Å². The number of amides is 1. The Kier molecular flexibility index (Phi) is 5.34.